The van der Waals surface area contributed by atoms with Crippen LogP contribution in [0.25, 0.3) is 0 Å². The Morgan fingerprint density at radius 2 is 1.81 bits per heavy atom. The minimum atomic E-state index is -0.633. The summed E-state index contributed by atoms with van der Waals surface area (Å²) in [5.74, 6) is 1.11. The van der Waals surface area contributed by atoms with Crippen LogP contribution < -0.4 is 24.8 Å². The highest BCUT2D eigenvalue weighted by Crippen LogP contribution is 2.35. The third kappa shape index (κ3) is 4.58. The van der Waals surface area contributed by atoms with Crippen LogP contribution in [0.2, 0.25) is 0 Å². The lowest BCUT2D eigenvalue weighted by atomic mass is 9.89. The van der Waals surface area contributed by atoms with Gasteiger partial charge < -0.3 is 24.8 Å². The van der Waals surface area contributed by atoms with Gasteiger partial charge in [-0.3, -0.25) is 9.59 Å². The lowest BCUT2D eigenvalue weighted by Gasteiger charge is -2.25. The maximum absolute atomic E-state index is 12.9. The Morgan fingerprint density at radius 1 is 1.03 bits per heavy atom. The van der Waals surface area contributed by atoms with E-state index in [1.54, 1.807) is 56.7 Å². The van der Waals surface area contributed by atoms with Crippen molar-refractivity contribution in [3.63, 3.8) is 0 Å². The Bertz CT molecular complexity index is 1110. The topological polar surface area (TPSA) is 98.8 Å². The molecule has 1 unspecified atom stereocenters. The smallest absolute Gasteiger partial charge is 0.232 e. The van der Waals surface area contributed by atoms with E-state index in [1.165, 1.54) is 6.20 Å². The van der Waals surface area contributed by atoms with E-state index in [1.807, 2.05) is 12.1 Å². The number of anilines is 2. The van der Waals surface area contributed by atoms with Crippen LogP contribution in [-0.4, -0.2) is 31.0 Å². The van der Waals surface area contributed by atoms with Gasteiger partial charge in [-0.15, -0.1) is 0 Å². The molecule has 2 N–H and O–H groups in total. The minimum Gasteiger partial charge on any atom is -0.497 e. The van der Waals surface area contributed by atoms with Crippen LogP contribution in [0.3, 0.4) is 0 Å². The molecule has 2 aromatic carbocycles. The Morgan fingerprint density at radius 3 is 2.55 bits per heavy atom. The molecule has 0 saturated heterocycles. The van der Waals surface area contributed by atoms with Gasteiger partial charge in [-0.1, -0.05) is 6.07 Å². The molecule has 0 radical (unpaired) electrons. The molecule has 1 aliphatic heterocycles. The average molecular weight is 419 g/mol. The molecule has 8 nitrogen and oxygen atoms in total. The Kier molecular flexibility index (Phi) is 5.70. The van der Waals surface area contributed by atoms with Crippen molar-refractivity contribution in [1.82, 2.24) is 4.98 Å². The second-order valence-corrected chi connectivity index (χ2v) is 6.91. The van der Waals surface area contributed by atoms with Gasteiger partial charge in [0.1, 0.15) is 17.2 Å². The molecule has 3 aromatic rings. The SMILES string of the molecule is COc1cccc(Oc2ccc(NC(=O)C3CC(=O)Nc4ccc(OC)cc43)cn2)c1. The van der Waals surface area contributed by atoms with Crippen LogP contribution in [0.5, 0.6) is 23.1 Å². The highest BCUT2D eigenvalue weighted by atomic mass is 16.5. The summed E-state index contributed by atoms with van der Waals surface area (Å²) in [6, 6.07) is 15.8. The van der Waals surface area contributed by atoms with Crippen molar-refractivity contribution in [3.05, 3.63) is 66.4 Å². The first-order valence-corrected chi connectivity index (χ1v) is 9.62. The van der Waals surface area contributed by atoms with E-state index >= 15 is 0 Å². The van der Waals surface area contributed by atoms with Gasteiger partial charge in [-0.25, -0.2) is 4.98 Å². The molecule has 2 heterocycles. The molecule has 0 bridgehead atoms. The predicted octanol–water partition coefficient (Wildman–Crippen LogP) is 3.96. The van der Waals surface area contributed by atoms with Crippen molar-refractivity contribution in [2.24, 2.45) is 0 Å². The summed E-state index contributed by atoms with van der Waals surface area (Å²) in [7, 11) is 3.14. The molecular formula is C23H21N3O5. The van der Waals surface area contributed by atoms with Gasteiger partial charge >= 0.3 is 0 Å². The van der Waals surface area contributed by atoms with Gasteiger partial charge in [-0.05, 0) is 42.0 Å². The van der Waals surface area contributed by atoms with Gasteiger partial charge in [0.2, 0.25) is 17.7 Å². The van der Waals surface area contributed by atoms with Gasteiger partial charge in [-0.2, -0.15) is 0 Å². The summed E-state index contributed by atoms with van der Waals surface area (Å²) >= 11 is 0. The molecule has 31 heavy (non-hydrogen) atoms. The molecular weight excluding hydrogens is 398 g/mol. The van der Waals surface area contributed by atoms with Crippen molar-refractivity contribution >= 4 is 23.2 Å². The molecule has 8 heteroatoms. The van der Waals surface area contributed by atoms with Crippen LogP contribution >= 0.6 is 0 Å². The zero-order valence-electron chi connectivity index (χ0n) is 17.0. The van der Waals surface area contributed by atoms with Gasteiger partial charge in [0, 0.05) is 24.2 Å². The van der Waals surface area contributed by atoms with E-state index in [-0.39, 0.29) is 18.2 Å². The lowest BCUT2D eigenvalue weighted by molar-refractivity contribution is -0.123. The molecule has 158 valence electrons. The molecule has 0 aliphatic carbocycles. The number of fused-ring (bicyclic) bond motifs is 1. The molecule has 1 aromatic heterocycles. The Labute approximate surface area is 179 Å². The van der Waals surface area contributed by atoms with Crippen molar-refractivity contribution < 1.29 is 23.8 Å². The van der Waals surface area contributed by atoms with Crippen molar-refractivity contribution in [1.29, 1.82) is 0 Å². The quantitative estimate of drug-likeness (QED) is 0.628. The Balaban J connectivity index is 1.47. The van der Waals surface area contributed by atoms with Crippen molar-refractivity contribution in [2.45, 2.75) is 12.3 Å². The normalized spacial score (nSPS) is 14.8. The second kappa shape index (κ2) is 8.74. The van der Waals surface area contributed by atoms with Gasteiger partial charge in [0.25, 0.3) is 0 Å². The summed E-state index contributed by atoms with van der Waals surface area (Å²) in [4.78, 5) is 29.2. The number of hydrogen-bond acceptors (Lipinski definition) is 6. The molecule has 4 rings (SSSR count). The highest BCUT2D eigenvalue weighted by Gasteiger charge is 2.31. The van der Waals surface area contributed by atoms with E-state index in [9.17, 15) is 9.59 Å². The number of ether oxygens (including phenoxy) is 3. The molecule has 1 atom stereocenters. The summed E-state index contributed by atoms with van der Waals surface area (Å²) in [5, 5.41) is 5.61. The van der Waals surface area contributed by atoms with E-state index < -0.39 is 5.92 Å². The monoisotopic (exact) mass is 419 g/mol. The van der Waals surface area contributed by atoms with Crippen LogP contribution in [-0.2, 0) is 9.59 Å². The van der Waals surface area contributed by atoms with E-state index in [0.29, 0.717) is 40.1 Å². The van der Waals surface area contributed by atoms with E-state index in [4.69, 9.17) is 14.2 Å². The minimum absolute atomic E-state index is 0.0520. The summed E-state index contributed by atoms with van der Waals surface area (Å²) in [6.45, 7) is 0. The number of carbonyl (C=O) groups excluding carboxylic acids is 2. The molecule has 0 saturated carbocycles. The number of methoxy groups -OCH3 is 2. The van der Waals surface area contributed by atoms with Gasteiger partial charge in [0.05, 0.1) is 32.0 Å². The summed E-state index contributed by atoms with van der Waals surface area (Å²) in [5.41, 5.74) is 1.82. The first kappa shape index (κ1) is 20.2. The number of aromatic nitrogens is 1. The van der Waals surface area contributed by atoms with E-state index in [0.717, 1.165) is 0 Å². The van der Waals surface area contributed by atoms with Crippen LogP contribution in [0.1, 0.15) is 17.9 Å². The zero-order chi connectivity index (χ0) is 21.8. The fourth-order valence-electron chi connectivity index (χ4n) is 3.33. The average Bonchev–Trinajstić information content (AvgIpc) is 2.79. The van der Waals surface area contributed by atoms with Crippen LogP contribution in [0.4, 0.5) is 11.4 Å². The number of rotatable bonds is 6. The molecule has 0 spiro atoms. The van der Waals surface area contributed by atoms with Crippen LogP contribution in [0.15, 0.2) is 60.8 Å². The third-order valence-electron chi connectivity index (χ3n) is 4.88. The number of nitrogens with zero attached hydrogens (tertiary/aromatic N) is 1. The van der Waals surface area contributed by atoms with E-state index in [2.05, 4.69) is 15.6 Å². The fraction of sp³-hybridized carbons (Fsp3) is 0.174. The molecule has 0 fully saturated rings. The summed E-state index contributed by atoms with van der Waals surface area (Å²) in [6.07, 6.45) is 1.55. The maximum atomic E-state index is 12.9. The van der Waals surface area contributed by atoms with Crippen molar-refractivity contribution in [3.8, 4) is 23.1 Å². The number of benzene rings is 2. The fourth-order valence-corrected chi connectivity index (χ4v) is 3.33. The number of nitrogens with one attached hydrogen (secondary N) is 2. The zero-order valence-corrected chi connectivity index (χ0v) is 17.0. The lowest BCUT2D eigenvalue weighted by Crippen LogP contribution is -2.30. The largest absolute Gasteiger partial charge is 0.497 e. The maximum Gasteiger partial charge on any atom is 0.232 e. The standard InChI is InChI=1S/C23H21N3O5/c1-29-15-4-3-5-17(10-15)31-22-9-6-14(13-24-22)25-23(28)19-12-21(27)26-20-8-7-16(30-2)11-18(19)20/h3-11,13,19H,12H2,1-2H3,(H,25,28)(H,26,27). The van der Waals surface area contributed by atoms with Crippen molar-refractivity contribution in [2.75, 3.05) is 24.9 Å². The number of hydrogen-bond donors (Lipinski definition) is 2. The molecule has 1 aliphatic rings. The highest BCUT2D eigenvalue weighted by molar-refractivity contribution is 6.05. The number of carbonyl (C=O) groups is 2. The second-order valence-electron chi connectivity index (χ2n) is 6.91. The third-order valence-corrected chi connectivity index (χ3v) is 4.88. The van der Waals surface area contributed by atoms with Crippen LogP contribution in [0, 0.1) is 0 Å². The first-order chi connectivity index (χ1) is 15.1. The first-order valence-electron chi connectivity index (χ1n) is 9.62. The Hall–Kier alpha value is -4.07. The molecule has 2 amide bonds. The van der Waals surface area contributed by atoms with Gasteiger partial charge in [0.15, 0.2) is 0 Å². The predicted molar refractivity (Wildman–Crippen MR) is 115 cm³/mol. The summed E-state index contributed by atoms with van der Waals surface area (Å²) < 4.78 is 16.1. The number of pyridine rings is 1. The number of amides is 2.